The van der Waals surface area contributed by atoms with E-state index in [-0.39, 0.29) is 5.78 Å². The second kappa shape index (κ2) is 4.78. The molecular formula is C15H10BrIO. The maximum Gasteiger partial charge on any atom is 0.193 e. The van der Waals surface area contributed by atoms with Crippen molar-refractivity contribution in [1.29, 1.82) is 0 Å². The third-order valence-corrected chi connectivity index (χ3v) is 4.83. The van der Waals surface area contributed by atoms with Crippen molar-refractivity contribution in [2.45, 2.75) is 12.8 Å². The number of hydrogen-bond acceptors (Lipinski definition) is 1. The van der Waals surface area contributed by atoms with Crippen molar-refractivity contribution < 1.29 is 4.79 Å². The first-order valence-electron chi connectivity index (χ1n) is 5.77. The molecule has 0 radical (unpaired) electrons. The van der Waals surface area contributed by atoms with Gasteiger partial charge in [-0.1, -0.05) is 34.1 Å². The van der Waals surface area contributed by atoms with Crippen LogP contribution in [-0.2, 0) is 12.8 Å². The zero-order valence-electron chi connectivity index (χ0n) is 9.54. The van der Waals surface area contributed by atoms with E-state index in [1.165, 1.54) is 9.13 Å². The number of fused-ring (bicyclic) bond motifs is 2. The molecule has 0 heterocycles. The van der Waals surface area contributed by atoms with Crippen LogP contribution in [0.15, 0.2) is 40.9 Å². The number of hydrogen-bond donors (Lipinski definition) is 0. The zero-order valence-corrected chi connectivity index (χ0v) is 13.3. The maximum atomic E-state index is 12.6. The van der Waals surface area contributed by atoms with Crippen LogP contribution in [0.25, 0.3) is 0 Å². The second-order valence-electron chi connectivity index (χ2n) is 4.40. The minimum atomic E-state index is 0.150. The fourth-order valence-electron chi connectivity index (χ4n) is 2.41. The van der Waals surface area contributed by atoms with Crippen molar-refractivity contribution in [3.05, 3.63) is 66.7 Å². The van der Waals surface area contributed by atoms with Gasteiger partial charge in [0.15, 0.2) is 5.78 Å². The maximum absolute atomic E-state index is 12.6. The van der Waals surface area contributed by atoms with Gasteiger partial charge in [-0.3, -0.25) is 4.79 Å². The van der Waals surface area contributed by atoms with Crippen LogP contribution < -0.4 is 0 Å². The van der Waals surface area contributed by atoms with Gasteiger partial charge in [-0.15, -0.1) is 0 Å². The highest BCUT2D eigenvalue weighted by Crippen LogP contribution is 2.29. The first-order chi connectivity index (χ1) is 8.66. The fourth-order valence-corrected chi connectivity index (χ4v) is 3.54. The third kappa shape index (κ3) is 2.03. The summed E-state index contributed by atoms with van der Waals surface area (Å²) in [6.07, 6.45) is 1.87. The Hall–Kier alpha value is -0.680. The van der Waals surface area contributed by atoms with Gasteiger partial charge in [0.25, 0.3) is 0 Å². The van der Waals surface area contributed by atoms with Crippen LogP contribution in [0.2, 0.25) is 0 Å². The van der Waals surface area contributed by atoms with Crippen molar-refractivity contribution in [2.75, 3.05) is 0 Å². The minimum absolute atomic E-state index is 0.150. The van der Waals surface area contributed by atoms with Crippen molar-refractivity contribution in [1.82, 2.24) is 0 Å². The Bertz CT molecular complexity index is 645. The van der Waals surface area contributed by atoms with Crippen molar-refractivity contribution >= 4 is 44.3 Å². The van der Waals surface area contributed by atoms with Gasteiger partial charge < -0.3 is 0 Å². The predicted molar refractivity (Wildman–Crippen MR) is 84.1 cm³/mol. The quantitative estimate of drug-likeness (QED) is 0.586. The van der Waals surface area contributed by atoms with Gasteiger partial charge in [0.2, 0.25) is 0 Å². The summed E-state index contributed by atoms with van der Waals surface area (Å²) in [4.78, 5) is 12.6. The van der Waals surface area contributed by atoms with Crippen molar-refractivity contribution in [3.8, 4) is 0 Å². The SMILES string of the molecule is O=C1c2cc(Br)ccc2CCc2c(I)cccc21. The molecule has 1 nitrogen and oxygen atoms in total. The summed E-state index contributed by atoms with van der Waals surface area (Å²) in [5, 5.41) is 0. The summed E-state index contributed by atoms with van der Waals surface area (Å²) in [5.74, 6) is 0.150. The third-order valence-electron chi connectivity index (χ3n) is 3.32. The number of benzene rings is 2. The normalized spacial score (nSPS) is 13.8. The van der Waals surface area contributed by atoms with Gasteiger partial charge in [0.05, 0.1) is 0 Å². The fraction of sp³-hybridized carbons (Fsp3) is 0.133. The first-order valence-corrected chi connectivity index (χ1v) is 7.64. The van der Waals surface area contributed by atoms with E-state index in [4.69, 9.17) is 0 Å². The number of rotatable bonds is 0. The summed E-state index contributed by atoms with van der Waals surface area (Å²) in [6.45, 7) is 0. The molecule has 18 heavy (non-hydrogen) atoms. The molecule has 0 amide bonds. The molecule has 0 saturated carbocycles. The molecule has 0 aromatic heterocycles. The standard InChI is InChI=1S/C15H10BrIO/c16-10-6-4-9-5-7-11-12(2-1-3-14(11)17)15(18)13(9)8-10/h1-4,6,8H,5,7H2. The van der Waals surface area contributed by atoms with Gasteiger partial charge in [-0.05, 0) is 64.8 Å². The van der Waals surface area contributed by atoms with Crippen LogP contribution in [0.5, 0.6) is 0 Å². The first kappa shape index (κ1) is 12.4. The summed E-state index contributed by atoms with van der Waals surface area (Å²) < 4.78 is 2.15. The number of ketones is 1. The lowest BCUT2D eigenvalue weighted by atomic mass is 9.99. The smallest absolute Gasteiger partial charge is 0.193 e. The Morgan fingerprint density at radius 2 is 1.89 bits per heavy atom. The van der Waals surface area contributed by atoms with Gasteiger partial charge in [0, 0.05) is 19.2 Å². The molecule has 2 aromatic carbocycles. The van der Waals surface area contributed by atoms with E-state index in [1.807, 2.05) is 24.3 Å². The summed E-state index contributed by atoms with van der Waals surface area (Å²) in [6, 6.07) is 12.0. The molecule has 1 aliphatic carbocycles. The van der Waals surface area contributed by atoms with Gasteiger partial charge >= 0.3 is 0 Å². The summed E-state index contributed by atoms with van der Waals surface area (Å²) >= 11 is 5.76. The molecule has 0 N–H and O–H groups in total. The largest absolute Gasteiger partial charge is 0.289 e. The van der Waals surface area contributed by atoms with Gasteiger partial charge in [-0.25, -0.2) is 0 Å². The molecule has 0 bridgehead atoms. The molecule has 3 rings (SSSR count). The Morgan fingerprint density at radius 3 is 2.72 bits per heavy atom. The van der Waals surface area contributed by atoms with Gasteiger partial charge in [-0.2, -0.15) is 0 Å². The highest BCUT2D eigenvalue weighted by molar-refractivity contribution is 14.1. The Labute approximate surface area is 128 Å². The van der Waals surface area contributed by atoms with Gasteiger partial charge in [0.1, 0.15) is 0 Å². The molecule has 0 atom stereocenters. The highest BCUT2D eigenvalue weighted by Gasteiger charge is 2.22. The predicted octanol–water partition coefficient (Wildman–Crippen LogP) is 4.38. The van der Waals surface area contributed by atoms with E-state index in [0.717, 1.165) is 34.0 Å². The Kier molecular flexibility index (Phi) is 3.28. The molecule has 0 aliphatic heterocycles. The molecule has 2 aromatic rings. The molecule has 0 unspecified atom stereocenters. The second-order valence-corrected chi connectivity index (χ2v) is 6.47. The lowest BCUT2D eigenvalue weighted by Gasteiger charge is -2.06. The highest BCUT2D eigenvalue weighted by atomic mass is 127. The monoisotopic (exact) mass is 412 g/mol. The molecule has 1 aliphatic rings. The number of carbonyl (C=O) groups is 1. The van der Waals surface area contributed by atoms with E-state index in [1.54, 1.807) is 0 Å². The van der Waals surface area contributed by atoms with Crippen LogP contribution in [0.3, 0.4) is 0 Å². The zero-order chi connectivity index (χ0) is 12.7. The molecule has 0 spiro atoms. The molecule has 0 fully saturated rings. The minimum Gasteiger partial charge on any atom is -0.289 e. The lowest BCUT2D eigenvalue weighted by Crippen LogP contribution is -2.05. The van der Waals surface area contributed by atoms with E-state index in [0.29, 0.717) is 0 Å². The number of halogens is 2. The van der Waals surface area contributed by atoms with Crippen LogP contribution >= 0.6 is 38.5 Å². The molecule has 3 heteroatoms. The molecular weight excluding hydrogens is 403 g/mol. The van der Waals surface area contributed by atoms with E-state index in [2.05, 4.69) is 50.7 Å². The number of carbonyl (C=O) groups excluding carboxylic acids is 1. The molecule has 0 saturated heterocycles. The average molecular weight is 413 g/mol. The Morgan fingerprint density at radius 1 is 1.06 bits per heavy atom. The summed E-state index contributed by atoms with van der Waals surface area (Å²) in [7, 11) is 0. The van der Waals surface area contributed by atoms with Crippen LogP contribution in [-0.4, -0.2) is 5.78 Å². The van der Waals surface area contributed by atoms with Crippen LogP contribution in [0.4, 0.5) is 0 Å². The lowest BCUT2D eigenvalue weighted by molar-refractivity contribution is 0.103. The average Bonchev–Trinajstić information content (AvgIpc) is 2.50. The van der Waals surface area contributed by atoms with E-state index in [9.17, 15) is 4.79 Å². The molecule has 90 valence electrons. The van der Waals surface area contributed by atoms with Crippen LogP contribution in [0.1, 0.15) is 27.0 Å². The van der Waals surface area contributed by atoms with Crippen molar-refractivity contribution in [3.63, 3.8) is 0 Å². The van der Waals surface area contributed by atoms with Crippen molar-refractivity contribution in [2.24, 2.45) is 0 Å². The van der Waals surface area contributed by atoms with E-state index >= 15 is 0 Å². The van der Waals surface area contributed by atoms with Crippen LogP contribution in [0, 0.1) is 3.57 Å². The topological polar surface area (TPSA) is 17.1 Å². The Balaban J connectivity index is 2.23. The van der Waals surface area contributed by atoms with E-state index < -0.39 is 0 Å². The number of aryl methyl sites for hydroxylation is 1. The summed E-state index contributed by atoms with van der Waals surface area (Å²) in [5.41, 5.74) is 4.04.